The Kier molecular flexibility index (Phi) is 3.57. The molecule has 0 aliphatic rings. The Hall–Kier alpha value is -2.37. The molecule has 2 rings (SSSR count). The smallest absolute Gasteiger partial charge is 0.255 e. The molecule has 2 heterocycles. The molecule has 0 saturated heterocycles. The van der Waals surface area contributed by atoms with Gasteiger partial charge in [0, 0.05) is 43.1 Å². The van der Waals surface area contributed by atoms with Crippen LogP contribution in [0.4, 0.5) is 5.69 Å². The van der Waals surface area contributed by atoms with E-state index in [0.29, 0.717) is 17.8 Å². The van der Waals surface area contributed by atoms with Gasteiger partial charge in [0.15, 0.2) is 0 Å². The zero-order chi connectivity index (χ0) is 13.0. The molecule has 1 unspecified atom stereocenters. The van der Waals surface area contributed by atoms with E-state index < -0.39 is 0 Å². The van der Waals surface area contributed by atoms with E-state index in [2.05, 4.69) is 15.3 Å². The molecule has 0 radical (unpaired) electrons. The van der Waals surface area contributed by atoms with Crippen molar-refractivity contribution in [1.29, 1.82) is 0 Å². The van der Waals surface area contributed by atoms with E-state index >= 15 is 0 Å². The summed E-state index contributed by atoms with van der Waals surface area (Å²) < 4.78 is 1.90. The number of pyridine rings is 1. The normalized spacial score (nSPS) is 12.1. The molecule has 0 bridgehead atoms. The number of aromatic nitrogens is 3. The lowest BCUT2D eigenvalue weighted by atomic mass is 10.2. The van der Waals surface area contributed by atoms with E-state index in [0.717, 1.165) is 0 Å². The molecule has 1 amide bonds. The minimum absolute atomic E-state index is 0.0219. The van der Waals surface area contributed by atoms with Crippen LogP contribution in [0.3, 0.4) is 0 Å². The molecule has 2 aromatic heterocycles. The maximum absolute atomic E-state index is 11.9. The maximum atomic E-state index is 11.9. The molecule has 6 heteroatoms. The summed E-state index contributed by atoms with van der Waals surface area (Å²) in [7, 11) is 0. The molecule has 1 atom stereocenters. The Labute approximate surface area is 105 Å². The average molecular weight is 245 g/mol. The number of rotatable bonds is 4. The van der Waals surface area contributed by atoms with Gasteiger partial charge in [0.1, 0.15) is 0 Å². The molecule has 6 nitrogen and oxygen atoms in total. The lowest BCUT2D eigenvalue weighted by Gasteiger charge is -2.14. The zero-order valence-corrected chi connectivity index (χ0v) is 10.1. The molecule has 0 aliphatic carbocycles. The van der Waals surface area contributed by atoms with Gasteiger partial charge in [-0.2, -0.15) is 0 Å². The number of hydrogen-bond acceptors (Lipinski definition) is 4. The van der Waals surface area contributed by atoms with Crippen molar-refractivity contribution in [2.45, 2.75) is 19.5 Å². The number of carbonyl (C=O) groups excluding carboxylic acids is 1. The van der Waals surface area contributed by atoms with Crippen LogP contribution in [0.2, 0.25) is 0 Å². The Balaban J connectivity index is 1.97. The summed E-state index contributed by atoms with van der Waals surface area (Å²) in [6, 6.07) is 1.58. The molecule has 0 saturated carbocycles. The Bertz CT molecular complexity index is 523. The monoisotopic (exact) mass is 245 g/mol. The molecule has 0 aliphatic heterocycles. The number of anilines is 1. The predicted octanol–water partition coefficient (Wildman–Crippen LogP) is 0.679. The van der Waals surface area contributed by atoms with Gasteiger partial charge < -0.3 is 15.6 Å². The van der Waals surface area contributed by atoms with Crippen LogP contribution in [-0.4, -0.2) is 26.5 Å². The maximum Gasteiger partial charge on any atom is 0.255 e. The second kappa shape index (κ2) is 5.31. The van der Waals surface area contributed by atoms with E-state index in [1.807, 2.05) is 17.7 Å². The number of carbonyl (C=O) groups is 1. The molecule has 3 N–H and O–H groups in total. The molecule has 0 aromatic carbocycles. The van der Waals surface area contributed by atoms with Gasteiger partial charge in [-0.05, 0) is 13.0 Å². The quantitative estimate of drug-likeness (QED) is 0.829. The van der Waals surface area contributed by atoms with E-state index in [4.69, 9.17) is 5.73 Å². The summed E-state index contributed by atoms with van der Waals surface area (Å²) in [6.07, 6.45) is 8.28. The Morgan fingerprint density at radius 3 is 3.00 bits per heavy atom. The summed E-state index contributed by atoms with van der Waals surface area (Å²) in [5.41, 5.74) is 6.54. The first kappa shape index (κ1) is 12.1. The first-order valence-corrected chi connectivity index (χ1v) is 5.63. The summed E-state index contributed by atoms with van der Waals surface area (Å²) in [5.74, 6) is -0.215. The van der Waals surface area contributed by atoms with Crippen molar-refractivity contribution in [2.75, 3.05) is 5.73 Å². The third kappa shape index (κ3) is 2.85. The summed E-state index contributed by atoms with van der Waals surface area (Å²) >= 11 is 0. The fourth-order valence-electron chi connectivity index (χ4n) is 1.65. The van der Waals surface area contributed by atoms with Crippen molar-refractivity contribution in [3.05, 3.63) is 42.7 Å². The topological polar surface area (TPSA) is 85.8 Å². The lowest BCUT2D eigenvalue weighted by Crippen LogP contribution is -2.35. The van der Waals surface area contributed by atoms with Crippen molar-refractivity contribution in [3.8, 4) is 0 Å². The van der Waals surface area contributed by atoms with Crippen molar-refractivity contribution in [2.24, 2.45) is 0 Å². The van der Waals surface area contributed by atoms with Gasteiger partial charge in [0.25, 0.3) is 5.91 Å². The van der Waals surface area contributed by atoms with Crippen LogP contribution in [0.1, 0.15) is 17.3 Å². The van der Waals surface area contributed by atoms with E-state index in [1.165, 1.54) is 6.20 Å². The summed E-state index contributed by atoms with van der Waals surface area (Å²) in [4.78, 5) is 19.8. The zero-order valence-electron chi connectivity index (χ0n) is 10.1. The van der Waals surface area contributed by atoms with Crippen molar-refractivity contribution >= 4 is 11.6 Å². The van der Waals surface area contributed by atoms with Crippen LogP contribution in [0.25, 0.3) is 0 Å². The predicted molar refractivity (Wildman–Crippen MR) is 67.8 cm³/mol. The second-order valence-corrected chi connectivity index (χ2v) is 4.10. The summed E-state index contributed by atoms with van der Waals surface area (Å²) in [6.45, 7) is 2.58. The van der Waals surface area contributed by atoms with Gasteiger partial charge in [-0.1, -0.05) is 0 Å². The molecule has 0 spiro atoms. The van der Waals surface area contributed by atoms with Crippen molar-refractivity contribution < 1.29 is 4.79 Å². The van der Waals surface area contributed by atoms with Crippen LogP contribution in [0.5, 0.6) is 0 Å². The highest BCUT2D eigenvalue weighted by atomic mass is 16.1. The molecule has 2 aromatic rings. The molecular formula is C12H15N5O. The second-order valence-electron chi connectivity index (χ2n) is 4.10. The highest BCUT2D eigenvalue weighted by Crippen LogP contribution is 2.08. The van der Waals surface area contributed by atoms with Crippen molar-refractivity contribution in [3.63, 3.8) is 0 Å². The van der Waals surface area contributed by atoms with Crippen molar-refractivity contribution in [1.82, 2.24) is 19.9 Å². The fourth-order valence-corrected chi connectivity index (χ4v) is 1.65. The molecule has 0 fully saturated rings. The van der Waals surface area contributed by atoms with Crippen LogP contribution in [-0.2, 0) is 6.54 Å². The van der Waals surface area contributed by atoms with Gasteiger partial charge in [0.2, 0.25) is 0 Å². The SMILES string of the molecule is CC(Cn1ccnc1)NC(=O)c1cnccc1N. The third-order valence-corrected chi connectivity index (χ3v) is 2.52. The van der Waals surface area contributed by atoms with Gasteiger partial charge in [-0.3, -0.25) is 9.78 Å². The number of nitrogens with zero attached hydrogens (tertiary/aromatic N) is 3. The number of hydrogen-bond donors (Lipinski definition) is 2. The third-order valence-electron chi connectivity index (χ3n) is 2.52. The first-order valence-electron chi connectivity index (χ1n) is 5.63. The van der Waals surface area contributed by atoms with Crippen LogP contribution >= 0.6 is 0 Å². The Morgan fingerprint density at radius 1 is 1.50 bits per heavy atom. The number of amides is 1. The minimum Gasteiger partial charge on any atom is -0.398 e. The number of nitrogens with one attached hydrogen (secondary N) is 1. The number of nitrogens with two attached hydrogens (primary N) is 1. The number of nitrogen functional groups attached to an aromatic ring is 1. The largest absolute Gasteiger partial charge is 0.398 e. The van der Waals surface area contributed by atoms with E-state index in [9.17, 15) is 4.79 Å². The Morgan fingerprint density at radius 2 is 2.33 bits per heavy atom. The number of imidazole rings is 1. The molecular weight excluding hydrogens is 230 g/mol. The van der Waals surface area contributed by atoms with Crippen LogP contribution in [0.15, 0.2) is 37.2 Å². The van der Waals surface area contributed by atoms with Gasteiger partial charge in [-0.15, -0.1) is 0 Å². The average Bonchev–Trinajstić information content (AvgIpc) is 2.82. The summed E-state index contributed by atoms with van der Waals surface area (Å²) in [5, 5.41) is 2.87. The van der Waals surface area contributed by atoms with Crippen LogP contribution in [0, 0.1) is 0 Å². The van der Waals surface area contributed by atoms with Gasteiger partial charge in [0.05, 0.1) is 11.9 Å². The lowest BCUT2D eigenvalue weighted by molar-refractivity contribution is 0.0937. The first-order chi connectivity index (χ1) is 8.66. The fraction of sp³-hybridized carbons (Fsp3) is 0.250. The highest BCUT2D eigenvalue weighted by molar-refractivity contribution is 5.98. The standard InChI is InChI=1S/C12H15N5O/c1-9(7-17-5-4-15-8-17)16-12(18)10-6-14-3-2-11(10)13/h2-6,8-9H,7H2,1H3,(H2,13,14)(H,16,18). The van der Waals surface area contributed by atoms with Gasteiger partial charge in [-0.25, -0.2) is 4.98 Å². The van der Waals surface area contributed by atoms with Gasteiger partial charge >= 0.3 is 0 Å². The van der Waals surface area contributed by atoms with Crippen LogP contribution < -0.4 is 11.1 Å². The molecule has 18 heavy (non-hydrogen) atoms. The molecule has 94 valence electrons. The highest BCUT2D eigenvalue weighted by Gasteiger charge is 2.12. The minimum atomic E-state index is -0.215. The van der Waals surface area contributed by atoms with E-state index in [1.54, 1.807) is 24.8 Å². The van der Waals surface area contributed by atoms with E-state index in [-0.39, 0.29) is 11.9 Å².